The van der Waals surface area contributed by atoms with Crippen LogP contribution in [0, 0.1) is 0 Å². The van der Waals surface area contributed by atoms with Gasteiger partial charge >= 0.3 is 0 Å². The van der Waals surface area contributed by atoms with Crippen molar-refractivity contribution in [1.82, 2.24) is 29.9 Å². The molecule has 0 atom stereocenters. The molecule has 0 aliphatic carbocycles. The Balaban J connectivity index is 0.000000110. The summed E-state index contributed by atoms with van der Waals surface area (Å²) in [5.41, 5.74) is 35.4. The standard InChI is InChI=1S/3C38H24N2O/c1-3-10-27(11-4-1)37-38(28-12-5-2-6-13-28)40-33-24-29(22-23-32(33)39-37)25-18-20-26(21-19-25)30-15-9-17-35-36(30)31-14-7-8-16-34(31)41-35;1-2-9-25(10-3-1)26-17-21-28(22-18-26)37-38(40-33-14-6-5-13-32(33)39-37)29-23-19-27(20-24-29)30-12-8-16-35-36(30)31-11-4-7-15-34(31)41-35;1-2-9-25(10-3-1)28-11-6-12-29(23-28)38-31-15-8-22-39-34(31)24-33(40-38)27-20-18-26(19-21-27)30-14-7-17-36-37(30)32-13-4-5-16-35(32)41-36/h3*1-24H. The lowest BCUT2D eigenvalue weighted by molar-refractivity contribution is 0.668. The Labute approximate surface area is 708 Å². The third-order valence-corrected chi connectivity index (χ3v) is 23.1. The van der Waals surface area contributed by atoms with Crippen LogP contribution in [0.2, 0.25) is 0 Å². The summed E-state index contributed by atoms with van der Waals surface area (Å²) < 4.78 is 18.4. The number of fused-ring (bicyclic) bond motifs is 12. The van der Waals surface area contributed by atoms with Gasteiger partial charge in [0, 0.05) is 77.3 Å². The van der Waals surface area contributed by atoms with Crippen molar-refractivity contribution in [2.45, 2.75) is 0 Å². The number of hydrogen-bond donors (Lipinski definition) is 0. The molecule has 0 fully saturated rings. The fraction of sp³-hybridized carbons (Fsp3) is 0. The van der Waals surface area contributed by atoms with E-state index in [9.17, 15) is 0 Å². The van der Waals surface area contributed by atoms with Crippen molar-refractivity contribution in [3.05, 3.63) is 437 Å². The van der Waals surface area contributed by atoms with Crippen molar-refractivity contribution in [1.29, 1.82) is 0 Å². The maximum absolute atomic E-state index is 6.13. The van der Waals surface area contributed by atoms with Gasteiger partial charge in [0.2, 0.25) is 0 Å². The third kappa shape index (κ3) is 14.0. The Morgan fingerprint density at radius 1 is 0.154 bits per heavy atom. The maximum Gasteiger partial charge on any atom is 0.136 e. The highest BCUT2D eigenvalue weighted by Gasteiger charge is 2.21. The van der Waals surface area contributed by atoms with Gasteiger partial charge in [-0.1, -0.05) is 346 Å². The highest BCUT2D eigenvalue weighted by Crippen LogP contribution is 2.44. The molecule has 123 heavy (non-hydrogen) atoms. The van der Waals surface area contributed by atoms with E-state index in [1.807, 2.05) is 140 Å². The second kappa shape index (κ2) is 31.7. The molecule has 0 bridgehead atoms. The topological polar surface area (TPSA) is 117 Å². The van der Waals surface area contributed by atoms with Crippen LogP contribution in [0.15, 0.2) is 450 Å². The van der Waals surface area contributed by atoms with E-state index in [0.717, 1.165) is 211 Å². The molecular weight excluding hydrogens is 1500 g/mol. The summed E-state index contributed by atoms with van der Waals surface area (Å²) in [6, 6.07) is 149. The lowest BCUT2D eigenvalue weighted by atomic mass is 9.96. The molecule has 0 N–H and O–H groups in total. The molecule has 7 aromatic heterocycles. The van der Waals surface area contributed by atoms with E-state index in [4.69, 9.17) is 43.2 Å². The van der Waals surface area contributed by atoms with Gasteiger partial charge in [0.05, 0.1) is 61.7 Å². The number of pyridine rings is 2. The quantitative estimate of drug-likeness (QED) is 0.118. The van der Waals surface area contributed by atoms with Crippen LogP contribution in [0.1, 0.15) is 0 Å². The Morgan fingerprint density at radius 2 is 0.455 bits per heavy atom. The minimum Gasteiger partial charge on any atom is -0.456 e. The van der Waals surface area contributed by atoms with Gasteiger partial charge < -0.3 is 13.3 Å². The van der Waals surface area contributed by atoms with Gasteiger partial charge in [0.25, 0.3) is 0 Å². The van der Waals surface area contributed by atoms with Crippen molar-refractivity contribution in [2.75, 3.05) is 0 Å². The lowest BCUT2D eigenvalue weighted by Crippen LogP contribution is -1.95. The molecule has 0 spiro atoms. The highest BCUT2D eigenvalue weighted by atomic mass is 16.3. The molecule has 24 aromatic rings. The molecule has 0 aliphatic rings. The van der Waals surface area contributed by atoms with Crippen molar-refractivity contribution in [3.63, 3.8) is 0 Å². The van der Waals surface area contributed by atoms with E-state index in [2.05, 4.69) is 297 Å². The van der Waals surface area contributed by atoms with Gasteiger partial charge in [-0.2, -0.15) is 0 Å². The maximum atomic E-state index is 6.13. The summed E-state index contributed by atoms with van der Waals surface area (Å²) in [4.78, 5) is 30.4. The normalized spacial score (nSPS) is 11.4. The molecular formula is C114H72N6O3. The summed E-state index contributed by atoms with van der Waals surface area (Å²) in [5.74, 6) is 0. The monoisotopic (exact) mass is 1570 g/mol. The minimum absolute atomic E-state index is 0.870. The van der Waals surface area contributed by atoms with Crippen LogP contribution in [-0.4, -0.2) is 29.9 Å². The van der Waals surface area contributed by atoms with E-state index >= 15 is 0 Å². The predicted molar refractivity (Wildman–Crippen MR) is 506 cm³/mol. The first-order valence-electron chi connectivity index (χ1n) is 41.3. The molecule has 0 saturated carbocycles. The average Bonchev–Trinajstić information content (AvgIpc) is 1.62. The van der Waals surface area contributed by atoms with Gasteiger partial charge in [-0.15, -0.1) is 0 Å². The number of para-hydroxylation sites is 5. The lowest BCUT2D eigenvalue weighted by Gasteiger charge is -2.12. The number of furan rings is 3. The van der Waals surface area contributed by atoms with Gasteiger partial charge in [-0.05, 0) is 152 Å². The SMILES string of the molecule is c1ccc(-c2ccc(-c3nc4ccccc4nc3-c3ccc(-c4cccc5oc6ccccc6c45)cc3)cc2)cc1.c1ccc(-c2cccc(-c3nc(-c4ccc(-c5cccc6oc7ccccc7c56)cc4)cc4ncccc34)c2)cc1.c1ccc(-c2nc3ccc(-c4ccc(-c5cccc6oc7ccccc7c56)cc4)cc3nc2-c2ccccc2)cc1. The molecule has 17 aromatic carbocycles. The number of benzene rings is 17. The number of rotatable bonds is 12. The molecule has 0 radical (unpaired) electrons. The van der Waals surface area contributed by atoms with Gasteiger partial charge in [-0.25, -0.2) is 24.9 Å². The first-order chi connectivity index (χ1) is 60.9. The molecule has 24 rings (SSSR count). The molecule has 0 aliphatic heterocycles. The van der Waals surface area contributed by atoms with E-state index < -0.39 is 0 Å². The van der Waals surface area contributed by atoms with Crippen molar-refractivity contribution < 1.29 is 13.3 Å². The fourth-order valence-corrected chi connectivity index (χ4v) is 17.1. The zero-order valence-electron chi connectivity index (χ0n) is 66.5. The number of hydrogen-bond acceptors (Lipinski definition) is 9. The fourth-order valence-electron chi connectivity index (χ4n) is 17.1. The zero-order valence-corrected chi connectivity index (χ0v) is 66.5. The van der Waals surface area contributed by atoms with Gasteiger partial charge in [0.1, 0.15) is 33.5 Å². The molecule has 0 saturated heterocycles. The second-order valence-corrected chi connectivity index (χ2v) is 30.6. The van der Waals surface area contributed by atoms with Gasteiger partial charge in [-0.3, -0.25) is 4.98 Å². The highest BCUT2D eigenvalue weighted by molar-refractivity contribution is 6.15. The van der Waals surface area contributed by atoms with E-state index in [-0.39, 0.29) is 0 Å². The molecule has 9 nitrogen and oxygen atoms in total. The van der Waals surface area contributed by atoms with E-state index in [1.165, 1.54) is 22.3 Å². The summed E-state index contributed by atoms with van der Waals surface area (Å²) in [7, 11) is 0. The Hall–Kier alpha value is -16.6. The van der Waals surface area contributed by atoms with Crippen molar-refractivity contribution in [3.8, 4) is 134 Å². The van der Waals surface area contributed by atoms with Crippen LogP contribution in [0.5, 0.6) is 0 Å². The summed E-state index contributed by atoms with van der Waals surface area (Å²) in [6.45, 7) is 0. The predicted octanol–water partition coefficient (Wildman–Crippen LogP) is 30.6. The Bertz CT molecular complexity index is 8070. The van der Waals surface area contributed by atoms with Crippen LogP contribution in [0.3, 0.4) is 0 Å². The van der Waals surface area contributed by atoms with Crippen LogP contribution in [-0.2, 0) is 0 Å². The minimum atomic E-state index is 0.870. The van der Waals surface area contributed by atoms with Crippen LogP contribution in [0.25, 0.3) is 233 Å². The molecule has 0 unspecified atom stereocenters. The van der Waals surface area contributed by atoms with Crippen LogP contribution < -0.4 is 0 Å². The third-order valence-electron chi connectivity index (χ3n) is 23.1. The summed E-state index contributed by atoms with van der Waals surface area (Å²) in [5, 5.41) is 7.87. The largest absolute Gasteiger partial charge is 0.456 e. The summed E-state index contributed by atoms with van der Waals surface area (Å²) >= 11 is 0. The van der Waals surface area contributed by atoms with Crippen molar-refractivity contribution in [2.24, 2.45) is 0 Å². The Kier molecular flexibility index (Phi) is 18.8. The number of nitrogens with zero attached hydrogens (tertiary/aromatic N) is 6. The molecule has 9 heteroatoms. The van der Waals surface area contributed by atoms with Crippen molar-refractivity contribution >= 4 is 98.8 Å². The summed E-state index contributed by atoms with van der Waals surface area (Å²) in [6.07, 6.45) is 1.84. The van der Waals surface area contributed by atoms with Crippen LogP contribution >= 0.6 is 0 Å². The smallest absolute Gasteiger partial charge is 0.136 e. The molecule has 576 valence electrons. The first-order valence-corrected chi connectivity index (χ1v) is 41.3. The van der Waals surface area contributed by atoms with E-state index in [1.54, 1.807) is 0 Å². The average molecular weight is 1570 g/mol. The zero-order chi connectivity index (χ0) is 81.5. The first kappa shape index (κ1) is 72.8. The molecule has 7 heterocycles. The molecule has 0 amide bonds. The second-order valence-electron chi connectivity index (χ2n) is 30.6. The van der Waals surface area contributed by atoms with Crippen LogP contribution in [0.4, 0.5) is 0 Å². The van der Waals surface area contributed by atoms with E-state index in [0.29, 0.717) is 0 Å². The van der Waals surface area contributed by atoms with Gasteiger partial charge in [0.15, 0.2) is 0 Å². The Morgan fingerprint density at radius 3 is 0.919 bits per heavy atom. The number of aromatic nitrogens is 6.